The summed E-state index contributed by atoms with van der Waals surface area (Å²) in [5.41, 5.74) is 0.335. The van der Waals surface area contributed by atoms with E-state index in [-0.39, 0.29) is 17.9 Å². The van der Waals surface area contributed by atoms with Crippen LogP contribution < -0.4 is 9.64 Å². The molecule has 35 heavy (non-hydrogen) atoms. The van der Waals surface area contributed by atoms with Gasteiger partial charge in [0.25, 0.3) is 5.91 Å². The number of hydrogen-bond acceptors (Lipinski definition) is 7. The maximum atomic E-state index is 13.8. The number of hydrogen-bond donors (Lipinski definition) is 0. The van der Waals surface area contributed by atoms with Crippen LogP contribution in [0.15, 0.2) is 71.6 Å². The second-order valence-corrected chi connectivity index (χ2v) is 9.86. The molecule has 1 aliphatic heterocycles. The van der Waals surface area contributed by atoms with Crippen molar-refractivity contribution in [3.8, 4) is 5.75 Å². The fraction of sp³-hybridized carbons (Fsp3) is 0.280. The molecule has 1 heterocycles. The lowest BCUT2D eigenvalue weighted by Gasteiger charge is -2.29. The minimum Gasteiger partial charge on any atom is -0.497 e. The molecule has 1 atom stereocenters. The van der Waals surface area contributed by atoms with Crippen LogP contribution in [0.3, 0.4) is 0 Å². The Morgan fingerprint density at radius 1 is 0.943 bits per heavy atom. The fourth-order valence-corrected chi connectivity index (χ4v) is 5.70. The van der Waals surface area contributed by atoms with Gasteiger partial charge in [-0.25, -0.2) is 13.3 Å². The zero-order valence-corrected chi connectivity index (χ0v) is 20.4. The average molecular weight is 499 g/mol. The van der Waals surface area contributed by atoms with Crippen molar-refractivity contribution in [1.29, 1.82) is 0 Å². The zero-order valence-electron chi connectivity index (χ0n) is 19.6. The maximum absolute atomic E-state index is 13.8. The van der Waals surface area contributed by atoms with Crippen molar-refractivity contribution in [2.24, 2.45) is 0 Å². The number of amides is 2. The van der Waals surface area contributed by atoms with Gasteiger partial charge in [0.1, 0.15) is 11.8 Å². The smallest absolute Gasteiger partial charge is 0.252 e. The molecule has 184 valence electrons. The molecule has 0 spiro atoms. The van der Waals surface area contributed by atoms with E-state index in [2.05, 4.69) is 0 Å². The Kier molecular flexibility index (Phi) is 7.18. The van der Waals surface area contributed by atoms with Gasteiger partial charge in [-0.2, -0.15) is 4.31 Å². The Morgan fingerprint density at radius 2 is 1.60 bits per heavy atom. The number of imide groups is 1. The summed E-state index contributed by atoms with van der Waals surface area (Å²) in [6.45, 7) is -0.275. The third-order valence-corrected chi connectivity index (χ3v) is 7.85. The van der Waals surface area contributed by atoms with Crippen molar-refractivity contribution in [2.75, 3.05) is 32.8 Å². The van der Waals surface area contributed by atoms with Crippen molar-refractivity contribution in [3.05, 3.63) is 66.7 Å². The second kappa shape index (κ2) is 10.1. The predicted octanol–water partition coefficient (Wildman–Crippen LogP) is 2.79. The summed E-state index contributed by atoms with van der Waals surface area (Å²) >= 11 is 0. The molecule has 10 heteroatoms. The number of sulfonamides is 1. The van der Waals surface area contributed by atoms with Crippen molar-refractivity contribution in [2.45, 2.75) is 23.6 Å². The number of anilines is 1. The molecule has 9 nitrogen and oxygen atoms in total. The first-order valence-corrected chi connectivity index (χ1v) is 12.3. The Morgan fingerprint density at radius 3 is 2.23 bits per heavy atom. The third-order valence-electron chi connectivity index (χ3n) is 5.98. The van der Waals surface area contributed by atoms with Gasteiger partial charge in [-0.15, -0.1) is 0 Å². The van der Waals surface area contributed by atoms with Gasteiger partial charge in [-0.3, -0.25) is 9.59 Å². The van der Waals surface area contributed by atoms with E-state index >= 15 is 0 Å². The van der Waals surface area contributed by atoms with Crippen LogP contribution >= 0.6 is 0 Å². The Hall–Kier alpha value is -3.31. The molecule has 3 aromatic carbocycles. The highest BCUT2D eigenvalue weighted by Gasteiger charge is 2.47. The van der Waals surface area contributed by atoms with Gasteiger partial charge in [0.2, 0.25) is 15.9 Å². The third kappa shape index (κ3) is 4.78. The first kappa shape index (κ1) is 24.8. The van der Waals surface area contributed by atoms with Crippen molar-refractivity contribution in [3.63, 3.8) is 0 Å². The molecule has 0 aromatic heterocycles. The molecule has 3 aromatic rings. The number of rotatable bonds is 9. The van der Waals surface area contributed by atoms with Crippen LogP contribution in [0.2, 0.25) is 0 Å². The van der Waals surface area contributed by atoms with Crippen LogP contribution in [-0.4, -0.2) is 64.7 Å². The Labute approximate surface area is 203 Å². The van der Waals surface area contributed by atoms with E-state index in [1.807, 2.05) is 24.3 Å². The van der Waals surface area contributed by atoms with E-state index in [4.69, 9.17) is 14.2 Å². The molecule has 0 saturated carbocycles. The van der Waals surface area contributed by atoms with Crippen molar-refractivity contribution >= 4 is 38.3 Å². The quantitative estimate of drug-likeness (QED) is 0.330. The van der Waals surface area contributed by atoms with Crippen LogP contribution in [0.1, 0.15) is 6.42 Å². The number of ether oxygens (including phenoxy) is 3. The van der Waals surface area contributed by atoms with Crippen LogP contribution in [0.5, 0.6) is 5.75 Å². The number of benzene rings is 3. The van der Waals surface area contributed by atoms with E-state index in [1.165, 1.54) is 27.4 Å². The van der Waals surface area contributed by atoms with Gasteiger partial charge in [0.15, 0.2) is 6.29 Å². The van der Waals surface area contributed by atoms with Gasteiger partial charge < -0.3 is 14.2 Å². The molecular formula is C25H26N2O7S. The maximum Gasteiger partial charge on any atom is 0.252 e. The summed E-state index contributed by atoms with van der Waals surface area (Å²) in [6.07, 6.45) is -1.25. The molecule has 1 saturated heterocycles. The van der Waals surface area contributed by atoms with Gasteiger partial charge >= 0.3 is 0 Å². The minimum absolute atomic E-state index is 0.00491. The molecule has 1 aliphatic rings. The van der Waals surface area contributed by atoms with E-state index in [9.17, 15) is 18.0 Å². The predicted molar refractivity (Wildman–Crippen MR) is 130 cm³/mol. The lowest BCUT2D eigenvalue weighted by Crippen LogP contribution is -2.49. The van der Waals surface area contributed by atoms with Gasteiger partial charge in [-0.1, -0.05) is 30.3 Å². The summed E-state index contributed by atoms with van der Waals surface area (Å²) in [5, 5.41) is 1.61. The van der Waals surface area contributed by atoms with E-state index in [1.54, 1.807) is 36.4 Å². The number of methoxy groups -OCH3 is 3. The lowest BCUT2D eigenvalue weighted by molar-refractivity contribution is -0.125. The number of carbonyl (C=O) groups excluding carboxylic acids is 2. The molecule has 0 N–H and O–H groups in total. The number of nitrogens with zero attached hydrogens (tertiary/aromatic N) is 2. The average Bonchev–Trinajstić information content (AvgIpc) is 3.17. The number of carbonyl (C=O) groups is 2. The normalized spacial score (nSPS) is 16.6. The van der Waals surface area contributed by atoms with E-state index in [0.717, 1.165) is 20.0 Å². The van der Waals surface area contributed by atoms with Gasteiger partial charge in [0.05, 0.1) is 30.7 Å². The second-order valence-electron chi connectivity index (χ2n) is 7.97. The Bertz CT molecular complexity index is 1340. The van der Waals surface area contributed by atoms with Crippen LogP contribution in [0.4, 0.5) is 5.69 Å². The summed E-state index contributed by atoms with van der Waals surface area (Å²) in [4.78, 5) is 27.4. The summed E-state index contributed by atoms with van der Waals surface area (Å²) < 4.78 is 44.3. The molecule has 0 bridgehead atoms. The summed E-state index contributed by atoms with van der Waals surface area (Å²) in [6, 6.07) is 17.2. The van der Waals surface area contributed by atoms with Crippen LogP contribution in [0.25, 0.3) is 10.8 Å². The van der Waals surface area contributed by atoms with E-state index < -0.39 is 34.2 Å². The first-order valence-electron chi connectivity index (χ1n) is 10.9. The van der Waals surface area contributed by atoms with Crippen molar-refractivity contribution in [1.82, 2.24) is 4.31 Å². The molecule has 0 radical (unpaired) electrons. The highest BCUT2D eigenvalue weighted by atomic mass is 32.2. The minimum atomic E-state index is -4.21. The zero-order chi connectivity index (χ0) is 25.2. The summed E-state index contributed by atoms with van der Waals surface area (Å²) in [7, 11) is 0.0490. The molecule has 2 amide bonds. The lowest BCUT2D eigenvalue weighted by atomic mass is 10.1. The molecule has 1 unspecified atom stereocenters. The Balaban J connectivity index is 1.73. The van der Waals surface area contributed by atoms with Crippen LogP contribution in [-0.2, 0) is 29.1 Å². The van der Waals surface area contributed by atoms with Gasteiger partial charge in [-0.05, 0) is 47.2 Å². The number of fused-ring (bicyclic) bond motifs is 1. The molecule has 1 fully saturated rings. The molecule has 0 aliphatic carbocycles. The van der Waals surface area contributed by atoms with Crippen molar-refractivity contribution < 1.29 is 32.2 Å². The SMILES string of the molecule is COc1ccc(N2C(=O)CC(N(CC(OC)OC)S(=O)(=O)c3ccc4ccccc4c3)C2=O)cc1. The monoisotopic (exact) mass is 498 g/mol. The first-order chi connectivity index (χ1) is 16.8. The van der Waals surface area contributed by atoms with E-state index in [0.29, 0.717) is 11.4 Å². The molecule has 4 rings (SSSR count). The molecular weight excluding hydrogens is 472 g/mol. The fourth-order valence-electron chi connectivity index (χ4n) is 4.09. The highest BCUT2D eigenvalue weighted by molar-refractivity contribution is 7.89. The van der Waals surface area contributed by atoms with Crippen LogP contribution in [0, 0.1) is 0 Å². The van der Waals surface area contributed by atoms with Gasteiger partial charge in [0, 0.05) is 14.2 Å². The topological polar surface area (TPSA) is 102 Å². The summed E-state index contributed by atoms with van der Waals surface area (Å²) in [5.74, 6) is -0.585. The highest BCUT2D eigenvalue weighted by Crippen LogP contribution is 2.31. The standard InChI is InChI=1S/C25H26N2O7S/c1-32-20-11-9-19(10-12-20)27-23(28)15-22(25(27)29)26(16-24(33-2)34-3)35(30,31)21-13-8-17-6-4-5-7-18(17)14-21/h4-14,22,24H,15-16H2,1-3H3. The largest absolute Gasteiger partial charge is 0.497 e.